The number of ketones is 1. The molecule has 0 spiro atoms. The summed E-state index contributed by atoms with van der Waals surface area (Å²) in [5.41, 5.74) is 1.59. The summed E-state index contributed by atoms with van der Waals surface area (Å²) in [6, 6.07) is 9.74. The Labute approximate surface area is 164 Å². The number of alkyl halides is 4. The molecule has 0 radical (unpaired) electrons. The van der Waals surface area contributed by atoms with Gasteiger partial charge in [0.1, 0.15) is 5.75 Å². The van der Waals surface area contributed by atoms with E-state index in [1.165, 1.54) is 12.1 Å². The number of Topliss-reactive ketones (excluding diaryl/α,β-unsaturated/α-hetero) is 1. The molecule has 0 saturated heterocycles. The summed E-state index contributed by atoms with van der Waals surface area (Å²) in [6.45, 7) is 1.81. The normalized spacial score (nSPS) is 16.5. The summed E-state index contributed by atoms with van der Waals surface area (Å²) in [4.78, 5) is 24.7. The van der Waals surface area contributed by atoms with Gasteiger partial charge >= 0.3 is 12.5 Å². The van der Waals surface area contributed by atoms with Crippen molar-refractivity contribution in [2.75, 3.05) is 10.6 Å². The summed E-state index contributed by atoms with van der Waals surface area (Å²) >= 11 is 0. The Morgan fingerprint density at radius 2 is 1.97 bits per heavy atom. The second kappa shape index (κ2) is 8.10. The van der Waals surface area contributed by atoms with E-state index in [9.17, 15) is 27.2 Å². The number of hydrogen-bond donors (Lipinski definition) is 2. The first-order valence-electron chi connectivity index (χ1n) is 8.82. The van der Waals surface area contributed by atoms with Crippen LogP contribution in [0.5, 0.6) is 5.75 Å². The highest BCUT2D eigenvalue weighted by Crippen LogP contribution is 2.32. The average Bonchev–Trinajstić information content (AvgIpc) is 2.77. The lowest BCUT2D eigenvalue weighted by Gasteiger charge is -2.17. The van der Waals surface area contributed by atoms with Crippen molar-refractivity contribution in [2.24, 2.45) is 0 Å². The molecule has 2 N–H and O–H groups in total. The topological polar surface area (TPSA) is 67.4 Å². The van der Waals surface area contributed by atoms with Crippen molar-refractivity contribution in [3.8, 4) is 5.75 Å². The molecule has 0 saturated carbocycles. The minimum atomic E-state index is -4.63. The number of carbonyl (C=O) groups excluding carboxylic acids is 2. The molecule has 29 heavy (non-hydrogen) atoms. The van der Waals surface area contributed by atoms with Crippen LogP contribution in [0.4, 0.5) is 28.9 Å². The van der Waals surface area contributed by atoms with Crippen LogP contribution in [0.2, 0.25) is 0 Å². The molecule has 1 amide bonds. The maximum absolute atomic E-state index is 13.1. The predicted octanol–water partition coefficient (Wildman–Crippen LogP) is 4.49. The molecule has 1 aliphatic rings. The molecule has 2 aromatic rings. The van der Waals surface area contributed by atoms with Gasteiger partial charge in [0, 0.05) is 24.4 Å². The quantitative estimate of drug-likeness (QED) is 0.544. The zero-order valence-corrected chi connectivity index (χ0v) is 15.3. The number of anilines is 2. The molecule has 1 heterocycles. The first-order valence-corrected chi connectivity index (χ1v) is 8.82. The van der Waals surface area contributed by atoms with Crippen LogP contribution < -0.4 is 15.4 Å². The molecule has 1 atom stereocenters. The number of benzene rings is 2. The number of amides is 1. The van der Waals surface area contributed by atoms with Crippen LogP contribution in [0.15, 0.2) is 42.5 Å². The summed E-state index contributed by atoms with van der Waals surface area (Å²) in [5, 5.41) is 5.86. The third kappa shape index (κ3) is 4.85. The fraction of sp³-hybridized carbons (Fsp3) is 0.300. The lowest BCUT2D eigenvalue weighted by Crippen LogP contribution is -2.33. The molecule has 9 heteroatoms. The number of nitrogens with one attached hydrogen (secondary N) is 2. The molecule has 5 nitrogen and oxygen atoms in total. The molecule has 1 aliphatic heterocycles. The zero-order valence-electron chi connectivity index (χ0n) is 15.3. The smallest absolute Gasteiger partial charge is 0.428 e. The number of fused-ring (bicyclic) bond motifs is 1. The predicted molar refractivity (Wildman–Crippen MR) is 98.8 cm³/mol. The summed E-state index contributed by atoms with van der Waals surface area (Å²) in [5.74, 6) is -0.986. The van der Waals surface area contributed by atoms with E-state index in [0.717, 1.165) is 12.1 Å². The van der Waals surface area contributed by atoms with Crippen molar-refractivity contribution in [3.05, 3.63) is 53.6 Å². The van der Waals surface area contributed by atoms with E-state index in [4.69, 9.17) is 0 Å². The Morgan fingerprint density at radius 3 is 2.69 bits per heavy atom. The number of rotatable bonds is 6. The van der Waals surface area contributed by atoms with Gasteiger partial charge in [0.2, 0.25) is 5.91 Å². The van der Waals surface area contributed by atoms with E-state index in [0.29, 0.717) is 22.5 Å². The van der Waals surface area contributed by atoms with Crippen LogP contribution in [-0.2, 0) is 11.2 Å². The molecule has 0 aliphatic carbocycles. The maximum Gasteiger partial charge on any atom is 0.461 e. The summed E-state index contributed by atoms with van der Waals surface area (Å²) < 4.78 is 54.9. The van der Waals surface area contributed by atoms with E-state index in [2.05, 4.69) is 15.4 Å². The van der Waals surface area contributed by atoms with Gasteiger partial charge in [-0.3, -0.25) is 9.59 Å². The second-order valence-electron chi connectivity index (χ2n) is 6.74. The minimum absolute atomic E-state index is 0.169. The molecule has 0 bridgehead atoms. The van der Waals surface area contributed by atoms with Crippen LogP contribution in [-0.4, -0.2) is 30.3 Å². The third-order valence-electron chi connectivity index (χ3n) is 4.29. The van der Waals surface area contributed by atoms with Gasteiger partial charge in [0.05, 0.1) is 11.4 Å². The number of ether oxygens (including phenoxy) is 1. The van der Waals surface area contributed by atoms with Crippen LogP contribution in [0.1, 0.15) is 29.3 Å². The van der Waals surface area contributed by atoms with Crippen molar-refractivity contribution >= 4 is 23.1 Å². The van der Waals surface area contributed by atoms with Crippen LogP contribution >= 0.6 is 0 Å². The minimum Gasteiger partial charge on any atom is -0.428 e. The largest absolute Gasteiger partial charge is 0.461 e. The fourth-order valence-electron chi connectivity index (χ4n) is 3.02. The summed E-state index contributed by atoms with van der Waals surface area (Å²) in [6.07, 6.45) is -8.54. The standard InChI is InChI=1S/C20H18F4N2O3/c1-11-8-17(28)26-15-7-3-6-14(18(15)25-11)16(27)10-12-4-2-5-13(9-12)29-20(23,24)19(21)22/h2-7,9,11,19,25H,8,10H2,1H3,(H,26,28). The van der Waals surface area contributed by atoms with Gasteiger partial charge in [-0.15, -0.1) is 0 Å². The molecule has 154 valence electrons. The van der Waals surface area contributed by atoms with Gasteiger partial charge in [0.15, 0.2) is 5.78 Å². The fourth-order valence-corrected chi connectivity index (χ4v) is 3.02. The van der Waals surface area contributed by atoms with Crippen LogP contribution in [0.25, 0.3) is 0 Å². The Kier molecular flexibility index (Phi) is 5.76. The Hall–Kier alpha value is -3.10. The van der Waals surface area contributed by atoms with Gasteiger partial charge in [-0.2, -0.15) is 17.6 Å². The third-order valence-corrected chi connectivity index (χ3v) is 4.29. The SMILES string of the molecule is CC1CC(=O)Nc2cccc(C(=O)Cc3cccc(OC(F)(F)C(F)F)c3)c2N1. The number of hydrogen-bond acceptors (Lipinski definition) is 4. The molecule has 0 fully saturated rings. The zero-order chi connectivity index (χ0) is 21.2. The van der Waals surface area contributed by atoms with Crippen molar-refractivity contribution in [1.29, 1.82) is 0 Å². The van der Waals surface area contributed by atoms with Gasteiger partial charge in [-0.05, 0) is 36.8 Å². The average molecular weight is 410 g/mol. The van der Waals surface area contributed by atoms with Crippen molar-refractivity contribution in [3.63, 3.8) is 0 Å². The Bertz CT molecular complexity index is 934. The van der Waals surface area contributed by atoms with Gasteiger partial charge in [0.25, 0.3) is 0 Å². The number of carbonyl (C=O) groups is 2. The molecule has 1 unspecified atom stereocenters. The van der Waals surface area contributed by atoms with Crippen molar-refractivity contribution in [2.45, 2.75) is 38.3 Å². The molecular weight excluding hydrogens is 392 g/mol. The highest BCUT2D eigenvalue weighted by Gasteiger charge is 2.44. The highest BCUT2D eigenvalue weighted by atomic mass is 19.3. The molecule has 3 rings (SSSR count). The first kappa shape index (κ1) is 20.6. The van der Waals surface area contributed by atoms with Crippen molar-refractivity contribution < 1.29 is 31.9 Å². The van der Waals surface area contributed by atoms with E-state index in [-0.39, 0.29) is 30.6 Å². The first-order chi connectivity index (χ1) is 13.7. The van der Waals surface area contributed by atoms with E-state index in [1.54, 1.807) is 25.1 Å². The lowest BCUT2D eigenvalue weighted by atomic mass is 10.00. The molecular formula is C20H18F4N2O3. The second-order valence-corrected chi connectivity index (χ2v) is 6.74. The number of halogens is 4. The van der Waals surface area contributed by atoms with E-state index >= 15 is 0 Å². The number of para-hydroxylation sites is 1. The lowest BCUT2D eigenvalue weighted by molar-refractivity contribution is -0.253. The Balaban J connectivity index is 1.82. The van der Waals surface area contributed by atoms with E-state index in [1.807, 2.05) is 0 Å². The van der Waals surface area contributed by atoms with Gasteiger partial charge in [-0.1, -0.05) is 18.2 Å². The van der Waals surface area contributed by atoms with E-state index < -0.39 is 18.3 Å². The highest BCUT2D eigenvalue weighted by molar-refractivity contribution is 6.07. The monoisotopic (exact) mass is 410 g/mol. The Morgan fingerprint density at radius 1 is 1.24 bits per heavy atom. The molecule has 2 aromatic carbocycles. The van der Waals surface area contributed by atoms with Crippen molar-refractivity contribution in [1.82, 2.24) is 0 Å². The molecule has 0 aromatic heterocycles. The van der Waals surface area contributed by atoms with Crippen LogP contribution in [0.3, 0.4) is 0 Å². The van der Waals surface area contributed by atoms with Crippen LogP contribution in [0, 0.1) is 0 Å². The van der Waals surface area contributed by atoms with Gasteiger partial charge in [-0.25, -0.2) is 0 Å². The van der Waals surface area contributed by atoms with Gasteiger partial charge < -0.3 is 15.4 Å². The maximum atomic E-state index is 13.1. The summed E-state index contributed by atoms with van der Waals surface area (Å²) in [7, 11) is 0.